The fourth-order valence-corrected chi connectivity index (χ4v) is 21.6. The zero-order valence-electron chi connectivity index (χ0n) is 79.5. The fourth-order valence-electron chi connectivity index (χ4n) is 21.6. The predicted molar refractivity (Wildman–Crippen MR) is 598 cm³/mol. The van der Waals surface area contributed by atoms with Crippen molar-refractivity contribution < 1.29 is 0 Å². The van der Waals surface area contributed by atoms with Crippen LogP contribution in [0.25, 0.3) is 234 Å². The van der Waals surface area contributed by atoms with E-state index >= 15 is 0 Å². The third kappa shape index (κ3) is 15.9. The second kappa shape index (κ2) is 36.8. The molecule has 28 rings (SSSR count). The largest absolute Gasteiger partial charge is 0.309 e. The van der Waals surface area contributed by atoms with Crippen molar-refractivity contribution in [1.82, 2.24) is 53.2 Å². The van der Waals surface area contributed by atoms with Crippen molar-refractivity contribution in [1.29, 1.82) is 0 Å². The summed E-state index contributed by atoms with van der Waals surface area (Å²) in [6.45, 7) is 4.41. The molecule has 0 fully saturated rings. The molecule has 0 bridgehead atoms. The van der Waals surface area contributed by atoms with Crippen molar-refractivity contribution in [3.63, 3.8) is 0 Å². The number of hydrogen-bond acceptors (Lipinski definition) is 7. The van der Waals surface area contributed by atoms with Crippen LogP contribution in [0, 0.1) is 13.8 Å². The Bertz CT molecular complexity index is 9460. The van der Waals surface area contributed by atoms with Gasteiger partial charge in [-0.3, -0.25) is 4.57 Å². The van der Waals surface area contributed by atoms with Crippen LogP contribution in [0.1, 0.15) is 34.0 Å². The van der Waals surface area contributed by atoms with Crippen LogP contribution < -0.4 is 0 Å². The quantitative estimate of drug-likeness (QED) is 0.101. The number of nitrogens with zero attached hydrogens (tertiary/aromatic N) is 11. The van der Waals surface area contributed by atoms with Crippen molar-refractivity contribution in [2.75, 3.05) is 0 Å². The van der Waals surface area contributed by atoms with E-state index in [1.54, 1.807) is 0 Å². The van der Waals surface area contributed by atoms with Gasteiger partial charge in [0.1, 0.15) is 5.82 Å². The standard InChI is InChI=1S/C53H37N5.C47H31N3.C34H23N3/c1-34-30-35(2)50-46(31-34)45-33-40(39-24-28-48-44(32-39)43-20-12-13-21-47(43)57(48)41-18-10-5-11-19-41)25-29-49(45)58(50)42-26-22-38(23-27-42)53-55-51(36-14-6-3-7-15-36)54-52(56-53)37-16-8-4-9-17-37;1-2-11-31(12-3-1)32-21-23-33(24-22-32)34-13-10-14-35(29-34)43-27-28-48-47(49-43)46-40-18-5-4-15-37(40)42-30-36(25-26-41(42)46)50-44-19-8-6-16-38(44)39-17-7-9-20-45(39)50;1-2-9-24(10-3-1)25-17-19-26(20-18-25)27-11-8-12-28(23-27)31-21-22-35-34(36-31)37-32-15-6-4-13-29(32)30-14-5-7-16-33(30)37/h3-33H,1-2H3;1-30,46H;1-23H. The van der Waals surface area contributed by atoms with Gasteiger partial charge in [-0.1, -0.05) is 370 Å². The van der Waals surface area contributed by atoms with Crippen LogP contribution in [0.15, 0.2) is 510 Å². The van der Waals surface area contributed by atoms with Crippen LogP contribution >= 0.6 is 0 Å². The average molecular weight is 1860 g/mol. The van der Waals surface area contributed by atoms with Crippen molar-refractivity contribution >= 4 is 87.2 Å². The van der Waals surface area contributed by atoms with Gasteiger partial charge in [0.15, 0.2) is 17.5 Å². The van der Waals surface area contributed by atoms with Crippen LogP contribution in [0.3, 0.4) is 0 Å². The fraction of sp³-hybridized carbons (Fsp3) is 0.0224. The molecule has 0 saturated carbocycles. The molecule has 0 aliphatic heterocycles. The zero-order chi connectivity index (χ0) is 96.4. The van der Waals surface area contributed by atoms with E-state index in [9.17, 15) is 0 Å². The van der Waals surface area contributed by atoms with Gasteiger partial charge >= 0.3 is 0 Å². The lowest BCUT2D eigenvalue weighted by Crippen LogP contribution is -2.06. The van der Waals surface area contributed by atoms with E-state index < -0.39 is 0 Å². The molecule has 0 spiro atoms. The number of aromatic nitrogens is 11. The van der Waals surface area contributed by atoms with E-state index in [1.165, 1.54) is 154 Å². The highest BCUT2D eigenvalue weighted by molar-refractivity contribution is 6.15. The highest BCUT2D eigenvalue weighted by Gasteiger charge is 2.33. The third-order valence-electron chi connectivity index (χ3n) is 28.4. The lowest BCUT2D eigenvalue weighted by Gasteiger charge is -2.15. The summed E-state index contributed by atoms with van der Waals surface area (Å²) in [7, 11) is 0. The monoisotopic (exact) mass is 1850 g/mol. The van der Waals surface area contributed by atoms with Crippen molar-refractivity contribution in [2.24, 2.45) is 0 Å². The highest BCUT2D eigenvalue weighted by Crippen LogP contribution is 2.50. The third-order valence-corrected chi connectivity index (χ3v) is 28.4. The minimum atomic E-state index is -0.0536. The van der Waals surface area contributed by atoms with Gasteiger partial charge in [0.25, 0.3) is 0 Å². The van der Waals surface area contributed by atoms with Crippen molar-refractivity contribution in [3.8, 4) is 146 Å². The Labute approximate surface area is 838 Å². The van der Waals surface area contributed by atoms with Gasteiger partial charge in [-0.25, -0.2) is 34.9 Å². The normalized spacial score (nSPS) is 12.1. The lowest BCUT2D eigenvalue weighted by atomic mass is 9.95. The SMILES string of the molecule is Cc1cc(C)c2c(c1)c1cc(-c3ccc4c(c3)c3ccccc3n4-c3ccccc3)ccc1n2-c1ccc(-c2nc(-c3ccccc3)nc(-c3ccccc3)n2)cc1.c1ccc(-c2ccc(-c3cccc(-c4ccnc(-n5c6ccccc6c6ccccc65)n4)c3)cc2)cc1.c1ccc(-c2ccc(-c3cccc(-c4ccnc(C5c6ccccc6-c6cc(-n7c8ccccc8c8ccccc87)ccc65)n4)c3)cc2)cc1. The first kappa shape index (κ1) is 86.1. The van der Waals surface area contributed by atoms with Crippen LogP contribution in [-0.2, 0) is 0 Å². The molecule has 682 valence electrons. The Kier molecular flexibility index (Phi) is 21.9. The molecule has 1 atom stereocenters. The Morgan fingerprint density at radius 1 is 0.193 bits per heavy atom. The molecule has 0 radical (unpaired) electrons. The molecule has 1 aliphatic rings. The maximum atomic E-state index is 5.25. The van der Waals surface area contributed by atoms with Gasteiger partial charge < -0.3 is 13.7 Å². The maximum absolute atomic E-state index is 5.25. The molecule has 11 nitrogen and oxygen atoms in total. The smallest absolute Gasteiger partial charge is 0.235 e. The van der Waals surface area contributed by atoms with Gasteiger partial charge in [-0.05, 0) is 231 Å². The topological polar surface area (TPSA) is 110 Å². The molecule has 11 heteroatoms. The number of hydrogen-bond donors (Lipinski definition) is 0. The van der Waals surface area contributed by atoms with Gasteiger partial charge in [0.2, 0.25) is 5.95 Å². The van der Waals surface area contributed by atoms with Gasteiger partial charge in [-0.2, -0.15) is 0 Å². The molecule has 0 saturated heterocycles. The molecule has 7 heterocycles. The zero-order valence-corrected chi connectivity index (χ0v) is 79.5. The second-order valence-electron chi connectivity index (χ2n) is 37.2. The van der Waals surface area contributed by atoms with E-state index in [-0.39, 0.29) is 5.92 Å². The molecule has 7 aromatic heterocycles. The Balaban J connectivity index is 0.000000113. The number of aryl methyl sites for hydroxylation is 2. The first-order valence-electron chi connectivity index (χ1n) is 49.2. The molecular weight excluding hydrogens is 1760 g/mol. The van der Waals surface area contributed by atoms with Crippen LogP contribution in [0.5, 0.6) is 0 Å². The minimum Gasteiger partial charge on any atom is -0.309 e. The summed E-state index contributed by atoms with van der Waals surface area (Å²) in [5.74, 6) is 3.38. The summed E-state index contributed by atoms with van der Waals surface area (Å²) in [4.78, 5) is 34.7. The Morgan fingerprint density at radius 2 is 0.531 bits per heavy atom. The molecule has 1 aliphatic carbocycles. The van der Waals surface area contributed by atoms with Crippen LogP contribution in [-0.4, -0.2) is 53.2 Å². The average Bonchev–Trinajstić information content (AvgIpc) is 1.61. The summed E-state index contributed by atoms with van der Waals surface area (Å²) in [5, 5.41) is 9.91. The van der Waals surface area contributed by atoms with E-state index in [1.807, 2.05) is 91.3 Å². The van der Waals surface area contributed by atoms with Crippen molar-refractivity contribution in [3.05, 3.63) is 538 Å². The van der Waals surface area contributed by atoms with E-state index in [0.29, 0.717) is 23.4 Å². The molecule has 0 amide bonds. The number of benzene rings is 20. The minimum absolute atomic E-state index is 0.0536. The summed E-state index contributed by atoms with van der Waals surface area (Å²) in [6.07, 6.45) is 3.76. The Morgan fingerprint density at radius 3 is 1.04 bits per heavy atom. The lowest BCUT2D eigenvalue weighted by molar-refractivity contribution is 0.876. The number of fused-ring (bicyclic) bond motifs is 15. The van der Waals surface area contributed by atoms with E-state index in [2.05, 4.69) is 456 Å². The van der Waals surface area contributed by atoms with Crippen LogP contribution in [0.4, 0.5) is 0 Å². The predicted octanol–water partition coefficient (Wildman–Crippen LogP) is 33.7. The van der Waals surface area contributed by atoms with Crippen molar-refractivity contribution in [2.45, 2.75) is 19.8 Å². The highest BCUT2D eigenvalue weighted by atomic mass is 15.2. The summed E-state index contributed by atoms with van der Waals surface area (Å²) < 4.78 is 9.32. The number of rotatable bonds is 15. The van der Waals surface area contributed by atoms with Gasteiger partial charge in [0.05, 0.1) is 61.4 Å². The summed E-state index contributed by atoms with van der Waals surface area (Å²) >= 11 is 0. The van der Waals surface area contributed by atoms with Gasteiger partial charge in [-0.15, -0.1) is 0 Å². The van der Waals surface area contributed by atoms with Gasteiger partial charge in [0, 0.05) is 100 Å². The first-order valence-corrected chi connectivity index (χ1v) is 49.2. The molecule has 1 unspecified atom stereocenters. The summed E-state index contributed by atoms with van der Waals surface area (Å²) in [6, 6.07) is 176. The first-order chi connectivity index (χ1) is 71.7. The molecule has 145 heavy (non-hydrogen) atoms. The molecule has 0 N–H and O–H groups in total. The molecular formula is C134H91N11. The van der Waals surface area contributed by atoms with E-state index in [4.69, 9.17) is 29.9 Å². The Hall–Kier alpha value is -19.2. The van der Waals surface area contributed by atoms with Crippen LogP contribution in [0.2, 0.25) is 0 Å². The van der Waals surface area contributed by atoms with E-state index in [0.717, 1.165) is 84.3 Å². The summed E-state index contributed by atoms with van der Waals surface area (Å²) in [5.41, 5.74) is 39.0. The second-order valence-corrected chi connectivity index (χ2v) is 37.2. The number of para-hydroxylation sites is 6. The molecule has 20 aromatic carbocycles. The molecule has 27 aromatic rings. The maximum Gasteiger partial charge on any atom is 0.235 e.